The van der Waals surface area contributed by atoms with E-state index in [0.717, 1.165) is 11.3 Å². The summed E-state index contributed by atoms with van der Waals surface area (Å²) in [5.74, 6) is -0.0357. The average Bonchev–Trinajstić information content (AvgIpc) is 2.60. The summed E-state index contributed by atoms with van der Waals surface area (Å²) >= 11 is 0. The first-order valence-electron chi connectivity index (χ1n) is 7.35. The molecule has 2 rings (SSSR count). The summed E-state index contributed by atoms with van der Waals surface area (Å²) in [6.07, 6.45) is 2.26. The molecule has 0 aromatic heterocycles. The fourth-order valence-corrected chi connectivity index (χ4v) is 1.94. The molecule has 124 valence electrons. The Hall–Kier alpha value is -3.08. The van der Waals surface area contributed by atoms with Gasteiger partial charge in [-0.25, -0.2) is 4.79 Å². The van der Waals surface area contributed by atoms with Gasteiger partial charge in [-0.3, -0.25) is 4.79 Å². The van der Waals surface area contributed by atoms with Gasteiger partial charge in [0.1, 0.15) is 11.5 Å². The number of methoxy groups -OCH3 is 1. The maximum Gasteiger partial charge on any atom is 0.344 e. The minimum absolute atomic E-state index is 0.149. The van der Waals surface area contributed by atoms with Gasteiger partial charge in [0.15, 0.2) is 11.9 Å². The molecule has 1 atom stereocenters. The number of carbonyl (C=O) groups is 2. The number of hydrogen-bond acceptors (Lipinski definition) is 4. The van der Waals surface area contributed by atoms with Crippen LogP contribution in [-0.2, 0) is 4.79 Å². The van der Waals surface area contributed by atoms with Crippen molar-refractivity contribution in [1.29, 1.82) is 0 Å². The van der Waals surface area contributed by atoms with Crippen LogP contribution >= 0.6 is 0 Å². The lowest BCUT2D eigenvalue weighted by Crippen LogP contribution is -2.22. The van der Waals surface area contributed by atoms with Crippen LogP contribution in [-0.4, -0.2) is 30.1 Å². The second-order valence-electron chi connectivity index (χ2n) is 5.09. The van der Waals surface area contributed by atoms with E-state index in [4.69, 9.17) is 14.6 Å². The summed E-state index contributed by atoms with van der Waals surface area (Å²) in [4.78, 5) is 22.9. The Labute approximate surface area is 140 Å². The molecule has 1 unspecified atom stereocenters. The zero-order valence-electron chi connectivity index (χ0n) is 13.4. The van der Waals surface area contributed by atoms with Gasteiger partial charge in [-0.15, -0.1) is 0 Å². The van der Waals surface area contributed by atoms with Crippen molar-refractivity contribution in [3.8, 4) is 11.5 Å². The van der Waals surface area contributed by atoms with Gasteiger partial charge in [0.25, 0.3) is 0 Å². The molecule has 0 saturated heterocycles. The van der Waals surface area contributed by atoms with Gasteiger partial charge in [-0.05, 0) is 55.0 Å². The molecule has 0 aliphatic heterocycles. The van der Waals surface area contributed by atoms with E-state index in [1.165, 1.54) is 13.0 Å². The lowest BCUT2D eigenvalue weighted by Gasteiger charge is -2.10. The zero-order valence-corrected chi connectivity index (χ0v) is 13.4. The Balaban J connectivity index is 2.01. The van der Waals surface area contributed by atoms with Crippen molar-refractivity contribution >= 4 is 17.8 Å². The molecule has 2 aromatic rings. The predicted octanol–water partition coefficient (Wildman–Crippen LogP) is 3.44. The maximum atomic E-state index is 12.1. The largest absolute Gasteiger partial charge is 0.497 e. The first-order chi connectivity index (χ1) is 11.5. The molecule has 0 saturated carbocycles. The van der Waals surface area contributed by atoms with Crippen molar-refractivity contribution < 1.29 is 24.2 Å². The standard InChI is InChI=1S/C19H18O5/c1-13(19(21)22)24-17-10-6-15(7-11-17)18(20)12-5-14-3-8-16(23-2)9-4-14/h3-13H,1-2H3,(H,21,22)/b12-5+. The van der Waals surface area contributed by atoms with Crippen molar-refractivity contribution in [3.63, 3.8) is 0 Å². The summed E-state index contributed by atoms with van der Waals surface area (Å²) in [5, 5.41) is 8.80. The average molecular weight is 326 g/mol. The summed E-state index contributed by atoms with van der Waals surface area (Å²) < 4.78 is 10.3. The highest BCUT2D eigenvalue weighted by Crippen LogP contribution is 2.16. The first-order valence-corrected chi connectivity index (χ1v) is 7.35. The molecule has 0 aliphatic rings. The molecule has 1 N–H and O–H groups in total. The van der Waals surface area contributed by atoms with Crippen LogP contribution in [0.4, 0.5) is 0 Å². The Bertz CT molecular complexity index is 729. The quantitative estimate of drug-likeness (QED) is 0.623. The number of benzene rings is 2. The molecule has 5 heteroatoms. The molecule has 0 fully saturated rings. The number of ketones is 1. The van der Waals surface area contributed by atoms with E-state index in [-0.39, 0.29) is 5.78 Å². The number of carboxylic acids is 1. The normalized spacial score (nSPS) is 11.9. The molecule has 0 radical (unpaired) electrons. The van der Waals surface area contributed by atoms with Crippen molar-refractivity contribution in [1.82, 2.24) is 0 Å². The predicted molar refractivity (Wildman–Crippen MR) is 90.5 cm³/mol. The van der Waals surface area contributed by atoms with Crippen LogP contribution in [0, 0.1) is 0 Å². The SMILES string of the molecule is COc1ccc(/C=C/C(=O)c2ccc(OC(C)C(=O)O)cc2)cc1. The van der Waals surface area contributed by atoms with Crippen molar-refractivity contribution in [2.24, 2.45) is 0 Å². The van der Waals surface area contributed by atoms with Crippen LogP contribution in [0.1, 0.15) is 22.8 Å². The maximum absolute atomic E-state index is 12.1. The molecule has 0 amide bonds. The molecular weight excluding hydrogens is 308 g/mol. The van der Waals surface area contributed by atoms with Gasteiger partial charge in [0.05, 0.1) is 7.11 Å². The van der Waals surface area contributed by atoms with Crippen LogP contribution in [0.25, 0.3) is 6.08 Å². The number of rotatable bonds is 7. The summed E-state index contributed by atoms with van der Waals surface area (Å²) in [7, 11) is 1.60. The smallest absolute Gasteiger partial charge is 0.344 e. The van der Waals surface area contributed by atoms with Gasteiger partial charge in [0.2, 0.25) is 0 Å². The Kier molecular flexibility index (Phi) is 5.73. The summed E-state index contributed by atoms with van der Waals surface area (Å²) in [6.45, 7) is 1.44. The lowest BCUT2D eigenvalue weighted by molar-refractivity contribution is -0.144. The Morgan fingerprint density at radius 3 is 2.12 bits per heavy atom. The minimum atomic E-state index is -1.04. The fraction of sp³-hybridized carbons (Fsp3) is 0.158. The number of allylic oxidation sites excluding steroid dienone is 1. The molecule has 24 heavy (non-hydrogen) atoms. The van der Waals surface area contributed by atoms with Crippen molar-refractivity contribution in [3.05, 3.63) is 65.7 Å². The van der Waals surface area contributed by atoms with Gasteiger partial charge in [-0.1, -0.05) is 18.2 Å². The third kappa shape index (κ3) is 4.71. The van der Waals surface area contributed by atoms with E-state index in [0.29, 0.717) is 11.3 Å². The van der Waals surface area contributed by atoms with Gasteiger partial charge in [-0.2, -0.15) is 0 Å². The van der Waals surface area contributed by atoms with Crippen LogP contribution in [0.2, 0.25) is 0 Å². The lowest BCUT2D eigenvalue weighted by atomic mass is 10.1. The third-order valence-corrected chi connectivity index (χ3v) is 3.34. The number of carboxylic acid groups (broad SMARTS) is 1. The van der Waals surface area contributed by atoms with E-state index in [9.17, 15) is 9.59 Å². The zero-order chi connectivity index (χ0) is 17.5. The van der Waals surface area contributed by atoms with E-state index in [2.05, 4.69) is 0 Å². The van der Waals surface area contributed by atoms with Gasteiger partial charge < -0.3 is 14.6 Å². The number of aliphatic carboxylic acids is 1. The highest BCUT2D eigenvalue weighted by atomic mass is 16.5. The Morgan fingerprint density at radius 1 is 1.00 bits per heavy atom. The summed E-state index contributed by atoms with van der Waals surface area (Å²) in [5.41, 5.74) is 1.38. The first kappa shape index (κ1) is 17.3. The highest BCUT2D eigenvalue weighted by Gasteiger charge is 2.12. The van der Waals surface area contributed by atoms with E-state index in [1.807, 2.05) is 24.3 Å². The van der Waals surface area contributed by atoms with Crippen LogP contribution in [0.15, 0.2) is 54.6 Å². The van der Waals surface area contributed by atoms with Gasteiger partial charge in [0, 0.05) is 5.56 Å². The molecule has 0 aliphatic carbocycles. The molecule has 2 aromatic carbocycles. The topological polar surface area (TPSA) is 72.8 Å². The summed E-state index contributed by atoms with van der Waals surface area (Å²) in [6, 6.07) is 13.7. The second-order valence-corrected chi connectivity index (χ2v) is 5.09. The molecular formula is C19H18O5. The van der Waals surface area contributed by atoms with E-state index >= 15 is 0 Å². The van der Waals surface area contributed by atoms with Crippen LogP contribution in [0.5, 0.6) is 11.5 Å². The highest BCUT2D eigenvalue weighted by molar-refractivity contribution is 6.06. The monoisotopic (exact) mass is 326 g/mol. The van der Waals surface area contributed by atoms with E-state index in [1.54, 1.807) is 37.5 Å². The number of carbonyl (C=O) groups excluding carboxylic acids is 1. The Morgan fingerprint density at radius 2 is 1.58 bits per heavy atom. The number of ether oxygens (including phenoxy) is 2. The minimum Gasteiger partial charge on any atom is -0.497 e. The molecule has 0 bridgehead atoms. The molecule has 0 spiro atoms. The third-order valence-electron chi connectivity index (χ3n) is 3.34. The van der Waals surface area contributed by atoms with Crippen LogP contribution < -0.4 is 9.47 Å². The fourth-order valence-electron chi connectivity index (χ4n) is 1.94. The van der Waals surface area contributed by atoms with Crippen molar-refractivity contribution in [2.75, 3.05) is 7.11 Å². The van der Waals surface area contributed by atoms with Crippen LogP contribution in [0.3, 0.4) is 0 Å². The molecule has 0 heterocycles. The molecule has 5 nitrogen and oxygen atoms in total. The second kappa shape index (κ2) is 7.97. The number of hydrogen-bond donors (Lipinski definition) is 1. The van der Waals surface area contributed by atoms with E-state index < -0.39 is 12.1 Å². The van der Waals surface area contributed by atoms with Crippen molar-refractivity contribution in [2.45, 2.75) is 13.0 Å². The van der Waals surface area contributed by atoms with Gasteiger partial charge >= 0.3 is 5.97 Å².